The number of nitrogens with one attached hydrogen (secondary N) is 1. The zero-order chi connectivity index (χ0) is 13.0. The van der Waals surface area contributed by atoms with Crippen LogP contribution in [0.3, 0.4) is 0 Å². The molecule has 1 aromatic carbocycles. The summed E-state index contributed by atoms with van der Waals surface area (Å²) in [6.45, 7) is 0.535. The predicted molar refractivity (Wildman–Crippen MR) is 73.3 cm³/mol. The Morgan fingerprint density at radius 2 is 2.17 bits per heavy atom. The second-order valence-electron chi connectivity index (χ2n) is 4.18. The predicted octanol–water partition coefficient (Wildman–Crippen LogP) is 2.01. The standard InChI is InChI=1S/C13H16N2O2S/c1-15(2)14-13(16)8-17-7-10-9-18-12-6-4-3-5-11(10)12/h3-6,9H,7-8H2,1-2H3,(H,14,16). The van der Waals surface area contributed by atoms with Crippen LogP contribution in [-0.2, 0) is 16.1 Å². The molecule has 0 saturated carbocycles. The number of ether oxygens (including phenoxy) is 1. The molecule has 4 nitrogen and oxygen atoms in total. The maximum absolute atomic E-state index is 11.4. The number of nitrogens with zero attached hydrogens (tertiary/aromatic N) is 1. The number of amides is 1. The number of benzene rings is 1. The molecule has 0 aliphatic heterocycles. The Bertz CT molecular complexity index is 537. The lowest BCUT2D eigenvalue weighted by atomic mass is 10.2. The van der Waals surface area contributed by atoms with E-state index in [0.717, 1.165) is 5.56 Å². The number of rotatable bonds is 5. The normalized spacial score (nSPS) is 11.1. The van der Waals surface area contributed by atoms with Gasteiger partial charge in [0, 0.05) is 18.8 Å². The third kappa shape index (κ3) is 3.29. The van der Waals surface area contributed by atoms with Crippen molar-refractivity contribution in [3.63, 3.8) is 0 Å². The SMILES string of the molecule is CN(C)NC(=O)COCc1csc2ccccc12. The van der Waals surface area contributed by atoms with Crippen molar-refractivity contribution < 1.29 is 9.53 Å². The quantitative estimate of drug-likeness (QED) is 0.840. The van der Waals surface area contributed by atoms with Gasteiger partial charge in [0.1, 0.15) is 6.61 Å². The highest BCUT2D eigenvalue weighted by Gasteiger charge is 2.05. The van der Waals surface area contributed by atoms with Crippen molar-refractivity contribution in [1.82, 2.24) is 10.4 Å². The Labute approximate surface area is 110 Å². The number of hydrazine groups is 1. The lowest BCUT2D eigenvalue weighted by molar-refractivity contribution is -0.129. The molecular formula is C13H16N2O2S. The van der Waals surface area contributed by atoms with Crippen LogP contribution < -0.4 is 5.43 Å². The van der Waals surface area contributed by atoms with E-state index in [2.05, 4.69) is 22.9 Å². The molecule has 1 aromatic heterocycles. The number of hydrogen-bond donors (Lipinski definition) is 1. The van der Waals surface area contributed by atoms with Gasteiger partial charge >= 0.3 is 0 Å². The number of fused-ring (bicyclic) bond motifs is 1. The van der Waals surface area contributed by atoms with Crippen molar-refractivity contribution >= 4 is 27.3 Å². The first kappa shape index (κ1) is 13.0. The first-order valence-electron chi connectivity index (χ1n) is 5.66. The van der Waals surface area contributed by atoms with Gasteiger partial charge in [0.15, 0.2) is 0 Å². The summed E-state index contributed by atoms with van der Waals surface area (Å²) in [6, 6.07) is 8.19. The Balaban J connectivity index is 1.89. The molecule has 2 rings (SSSR count). The van der Waals surface area contributed by atoms with Gasteiger partial charge in [0.2, 0.25) is 0 Å². The van der Waals surface area contributed by atoms with Gasteiger partial charge in [-0.3, -0.25) is 10.2 Å². The first-order chi connectivity index (χ1) is 8.66. The monoisotopic (exact) mass is 264 g/mol. The average molecular weight is 264 g/mol. The maximum Gasteiger partial charge on any atom is 0.260 e. The Morgan fingerprint density at radius 1 is 1.39 bits per heavy atom. The molecule has 0 fully saturated rings. The molecule has 1 amide bonds. The van der Waals surface area contributed by atoms with E-state index in [4.69, 9.17) is 4.74 Å². The third-order valence-electron chi connectivity index (χ3n) is 2.40. The minimum absolute atomic E-state index is 0.0718. The molecule has 0 aliphatic rings. The van der Waals surface area contributed by atoms with Crippen molar-refractivity contribution in [3.8, 4) is 0 Å². The van der Waals surface area contributed by atoms with Gasteiger partial charge in [-0.1, -0.05) is 18.2 Å². The molecule has 0 aliphatic carbocycles. The zero-order valence-electron chi connectivity index (χ0n) is 10.5. The van der Waals surface area contributed by atoms with E-state index in [-0.39, 0.29) is 12.5 Å². The van der Waals surface area contributed by atoms with Gasteiger partial charge in [-0.2, -0.15) is 0 Å². The fraction of sp³-hybridized carbons (Fsp3) is 0.308. The molecule has 0 bridgehead atoms. The summed E-state index contributed by atoms with van der Waals surface area (Å²) in [5, 5.41) is 4.88. The van der Waals surface area contributed by atoms with Crippen LogP contribution in [0.2, 0.25) is 0 Å². The van der Waals surface area contributed by atoms with Crippen molar-refractivity contribution in [3.05, 3.63) is 35.2 Å². The summed E-state index contributed by atoms with van der Waals surface area (Å²) in [6.07, 6.45) is 0. The van der Waals surface area contributed by atoms with E-state index in [1.54, 1.807) is 30.4 Å². The summed E-state index contributed by atoms with van der Waals surface area (Å²) in [5.74, 6) is -0.139. The highest BCUT2D eigenvalue weighted by Crippen LogP contribution is 2.25. The lowest BCUT2D eigenvalue weighted by Gasteiger charge is -2.11. The van der Waals surface area contributed by atoms with Crippen LogP contribution in [-0.4, -0.2) is 31.6 Å². The largest absolute Gasteiger partial charge is 0.367 e. The van der Waals surface area contributed by atoms with Crippen LogP contribution in [0.5, 0.6) is 0 Å². The third-order valence-corrected chi connectivity index (χ3v) is 3.41. The van der Waals surface area contributed by atoms with E-state index in [1.807, 2.05) is 12.1 Å². The van der Waals surface area contributed by atoms with Gasteiger partial charge in [-0.05, 0) is 22.4 Å². The summed E-state index contributed by atoms with van der Waals surface area (Å²) in [7, 11) is 3.54. The highest BCUT2D eigenvalue weighted by molar-refractivity contribution is 7.17. The molecule has 0 saturated heterocycles. The van der Waals surface area contributed by atoms with Gasteiger partial charge < -0.3 is 4.74 Å². The molecule has 5 heteroatoms. The number of carbonyl (C=O) groups excluding carboxylic acids is 1. The molecule has 0 spiro atoms. The zero-order valence-corrected chi connectivity index (χ0v) is 11.3. The molecule has 0 unspecified atom stereocenters. The summed E-state index contributed by atoms with van der Waals surface area (Å²) in [4.78, 5) is 11.4. The van der Waals surface area contributed by atoms with Crippen LogP contribution in [0, 0.1) is 0 Å². The minimum atomic E-state index is -0.139. The maximum atomic E-state index is 11.4. The number of thiophene rings is 1. The molecule has 1 heterocycles. The summed E-state index contributed by atoms with van der Waals surface area (Å²) in [5.41, 5.74) is 3.76. The van der Waals surface area contributed by atoms with Gasteiger partial charge in [-0.15, -0.1) is 11.3 Å². The lowest BCUT2D eigenvalue weighted by Crippen LogP contribution is -2.38. The van der Waals surface area contributed by atoms with Crippen LogP contribution in [0.4, 0.5) is 0 Å². The average Bonchev–Trinajstić information content (AvgIpc) is 2.72. The molecule has 2 aromatic rings. The van der Waals surface area contributed by atoms with Crippen LogP contribution in [0.25, 0.3) is 10.1 Å². The Morgan fingerprint density at radius 3 is 2.94 bits per heavy atom. The molecule has 0 radical (unpaired) electrons. The van der Waals surface area contributed by atoms with Crippen molar-refractivity contribution in [2.24, 2.45) is 0 Å². The van der Waals surface area contributed by atoms with E-state index >= 15 is 0 Å². The fourth-order valence-electron chi connectivity index (χ4n) is 1.68. The van der Waals surface area contributed by atoms with Crippen LogP contribution in [0.15, 0.2) is 29.6 Å². The molecule has 0 atom stereocenters. The molecule has 96 valence electrons. The number of carbonyl (C=O) groups is 1. The van der Waals surface area contributed by atoms with Crippen molar-refractivity contribution in [2.75, 3.05) is 20.7 Å². The molecular weight excluding hydrogens is 248 g/mol. The van der Waals surface area contributed by atoms with Crippen molar-refractivity contribution in [1.29, 1.82) is 0 Å². The topological polar surface area (TPSA) is 41.6 Å². The second kappa shape index (κ2) is 5.95. The number of hydrogen-bond acceptors (Lipinski definition) is 4. The van der Waals surface area contributed by atoms with Gasteiger partial charge in [0.05, 0.1) is 6.61 Å². The van der Waals surface area contributed by atoms with E-state index < -0.39 is 0 Å². The van der Waals surface area contributed by atoms with E-state index in [1.165, 1.54) is 10.1 Å². The van der Waals surface area contributed by atoms with Crippen LogP contribution in [0.1, 0.15) is 5.56 Å². The van der Waals surface area contributed by atoms with Crippen molar-refractivity contribution in [2.45, 2.75) is 6.61 Å². The van der Waals surface area contributed by atoms with E-state index in [0.29, 0.717) is 6.61 Å². The van der Waals surface area contributed by atoms with Crippen LogP contribution >= 0.6 is 11.3 Å². The molecule has 18 heavy (non-hydrogen) atoms. The van der Waals surface area contributed by atoms with E-state index in [9.17, 15) is 4.79 Å². The molecule has 1 N–H and O–H groups in total. The summed E-state index contributed by atoms with van der Waals surface area (Å²) >= 11 is 1.69. The second-order valence-corrected chi connectivity index (χ2v) is 5.09. The minimum Gasteiger partial charge on any atom is -0.367 e. The smallest absolute Gasteiger partial charge is 0.260 e. The Hall–Kier alpha value is -1.43. The first-order valence-corrected chi connectivity index (χ1v) is 6.54. The highest BCUT2D eigenvalue weighted by atomic mass is 32.1. The summed E-state index contributed by atoms with van der Waals surface area (Å²) < 4.78 is 6.66. The Kier molecular flexibility index (Phi) is 4.30. The van der Waals surface area contributed by atoms with Gasteiger partial charge in [0.25, 0.3) is 5.91 Å². The fourth-order valence-corrected chi connectivity index (χ4v) is 2.63. The van der Waals surface area contributed by atoms with Gasteiger partial charge in [-0.25, -0.2) is 5.01 Å².